The minimum absolute atomic E-state index is 0.312. The lowest BCUT2D eigenvalue weighted by molar-refractivity contribution is 0.252. The highest BCUT2D eigenvalue weighted by molar-refractivity contribution is 5.88. The zero-order chi connectivity index (χ0) is 16.1. The molecule has 0 aliphatic carbocycles. The van der Waals surface area contributed by atoms with Crippen molar-refractivity contribution in [1.29, 1.82) is 0 Å². The summed E-state index contributed by atoms with van der Waals surface area (Å²) in [5.41, 5.74) is 1.98. The lowest BCUT2D eigenvalue weighted by atomic mass is 10.2. The predicted octanol–water partition coefficient (Wildman–Crippen LogP) is 2.57. The van der Waals surface area contributed by atoms with Gasteiger partial charge in [-0.25, -0.2) is 14.2 Å². The molecule has 0 fully saturated rings. The number of halogens is 1. The van der Waals surface area contributed by atoms with E-state index in [1.807, 2.05) is 0 Å². The average molecular weight is 315 g/mol. The molecule has 118 valence electrons. The topological polar surface area (TPSA) is 95.8 Å². The molecule has 2 amide bonds. The number of rotatable bonds is 5. The number of nitrogens with zero attached hydrogens (tertiary/aromatic N) is 2. The molecule has 0 unspecified atom stereocenters. The maximum atomic E-state index is 12.9. The molecule has 0 bridgehead atoms. The minimum Gasteiger partial charge on any atom is -0.444 e. The smallest absolute Gasteiger partial charge is 0.319 e. The van der Waals surface area contributed by atoms with Crippen molar-refractivity contribution < 1.29 is 13.6 Å². The Bertz CT molecular complexity index is 768. The second-order valence-electron chi connectivity index (χ2n) is 4.77. The van der Waals surface area contributed by atoms with Gasteiger partial charge in [-0.2, -0.15) is 5.10 Å². The maximum Gasteiger partial charge on any atom is 0.319 e. The second kappa shape index (κ2) is 6.73. The summed E-state index contributed by atoms with van der Waals surface area (Å²) < 4.78 is 18.2. The molecule has 23 heavy (non-hydrogen) atoms. The molecule has 0 saturated heterocycles. The quantitative estimate of drug-likeness (QED) is 0.674. The fraction of sp³-hybridized carbons (Fsp3) is 0.133. The predicted molar refractivity (Wildman–Crippen MR) is 81.2 cm³/mol. The summed E-state index contributed by atoms with van der Waals surface area (Å²) in [6, 6.07) is 5.57. The number of hydrogen-bond acceptors (Lipinski definition) is 4. The van der Waals surface area contributed by atoms with Gasteiger partial charge < -0.3 is 15.1 Å². The summed E-state index contributed by atoms with van der Waals surface area (Å²) in [7, 11) is 0. The van der Waals surface area contributed by atoms with Crippen molar-refractivity contribution >= 4 is 11.7 Å². The molecular formula is C15H14FN5O2. The summed E-state index contributed by atoms with van der Waals surface area (Å²) in [6.45, 7) is 0.402. The first-order valence-electron chi connectivity index (χ1n) is 6.95. The van der Waals surface area contributed by atoms with Gasteiger partial charge in [-0.3, -0.25) is 5.10 Å². The van der Waals surface area contributed by atoms with E-state index in [1.54, 1.807) is 18.3 Å². The summed E-state index contributed by atoms with van der Waals surface area (Å²) >= 11 is 0. The number of H-pyrrole nitrogens is 1. The maximum absolute atomic E-state index is 12.9. The summed E-state index contributed by atoms with van der Waals surface area (Å²) in [5, 5.41) is 11.7. The number of hydrogen-bond donors (Lipinski definition) is 3. The normalized spacial score (nSPS) is 10.5. The van der Waals surface area contributed by atoms with Gasteiger partial charge in [-0.15, -0.1) is 0 Å². The van der Waals surface area contributed by atoms with Gasteiger partial charge in [0.15, 0.2) is 0 Å². The Hall–Kier alpha value is -3.16. The third kappa shape index (κ3) is 3.94. The fourth-order valence-corrected chi connectivity index (χ4v) is 1.95. The molecule has 3 N–H and O–H groups in total. The number of aromatic amines is 1. The first-order valence-corrected chi connectivity index (χ1v) is 6.95. The minimum atomic E-state index is -0.325. The highest BCUT2D eigenvalue weighted by Gasteiger charge is 2.08. The van der Waals surface area contributed by atoms with Crippen molar-refractivity contribution in [2.24, 2.45) is 0 Å². The van der Waals surface area contributed by atoms with Crippen molar-refractivity contribution in [2.45, 2.75) is 6.42 Å². The molecule has 1 aromatic carbocycles. The zero-order valence-electron chi connectivity index (χ0n) is 12.0. The van der Waals surface area contributed by atoms with Gasteiger partial charge in [0.25, 0.3) is 0 Å². The van der Waals surface area contributed by atoms with Gasteiger partial charge in [-0.05, 0) is 24.3 Å². The molecule has 0 radical (unpaired) electrons. The Morgan fingerprint density at radius 2 is 2.13 bits per heavy atom. The van der Waals surface area contributed by atoms with Crippen molar-refractivity contribution in [3.63, 3.8) is 0 Å². The molecular weight excluding hydrogens is 301 g/mol. The highest BCUT2D eigenvalue weighted by Crippen LogP contribution is 2.18. The lowest BCUT2D eigenvalue weighted by Gasteiger charge is -2.04. The number of oxazole rings is 1. The molecule has 0 saturated carbocycles. The van der Waals surface area contributed by atoms with Gasteiger partial charge in [-0.1, -0.05) is 0 Å². The van der Waals surface area contributed by atoms with Gasteiger partial charge >= 0.3 is 6.03 Å². The second-order valence-corrected chi connectivity index (χ2v) is 4.77. The molecule has 3 rings (SSSR count). The van der Waals surface area contributed by atoms with Crippen LogP contribution in [0.5, 0.6) is 0 Å². The Morgan fingerprint density at radius 1 is 1.30 bits per heavy atom. The van der Waals surface area contributed by atoms with Crippen LogP contribution in [-0.4, -0.2) is 27.8 Å². The van der Waals surface area contributed by atoms with Gasteiger partial charge in [0.05, 0.1) is 17.6 Å². The van der Waals surface area contributed by atoms with Crippen LogP contribution >= 0.6 is 0 Å². The Balaban J connectivity index is 1.49. The molecule has 8 heteroatoms. The molecule has 2 heterocycles. The van der Waals surface area contributed by atoms with Crippen molar-refractivity contribution in [3.8, 4) is 11.5 Å². The molecule has 3 aromatic rings. The van der Waals surface area contributed by atoms with E-state index in [-0.39, 0.29) is 11.8 Å². The van der Waals surface area contributed by atoms with Crippen LogP contribution in [0, 0.1) is 5.82 Å². The van der Waals surface area contributed by atoms with E-state index in [2.05, 4.69) is 25.8 Å². The molecule has 7 nitrogen and oxygen atoms in total. The van der Waals surface area contributed by atoms with Crippen LogP contribution in [0.15, 0.2) is 47.3 Å². The number of aromatic nitrogens is 3. The van der Waals surface area contributed by atoms with E-state index in [4.69, 9.17) is 4.42 Å². The number of nitrogens with one attached hydrogen (secondary N) is 3. The number of benzene rings is 1. The van der Waals surface area contributed by atoms with E-state index >= 15 is 0 Å². The van der Waals surface area contributed by atoms with E-state index < -0.39 is 0 Å². The van der Waals surface area contributed by atoms with Gasteiger partial charge in [0.2, 0.25) is 5.89 Å². The van der Waals surface area contributed by atoms with Crippen LogP contribution < -0.4 is 10.6 Å². The number of amides is 2. The van der Waals surface area contributed by atoms with Crippen LogP contribution in [0.25, 0.3) is 11.5 Å². The lowest BCUT2D eigenvalue weighted by Crippen LogP contribution is -2.30. The standard InChI is InChI=1S/C15H14FN5O2/c16-11-3-1-10(2-4-11)14-20-12(9-23-14)5-6-17-15(22)21-13-7-18-19-8-13/h1-4,7-9H,5-6H2,(H,18,19)(H2,17,21,22). The number of carbonyl (C=O) groups excluding carboxylic acids is 1. The largest absolute Gasteiger partial charge is 0.444 e. The third-order valence-electron chi connectivity index (χ3n) is 3.07. The number of anilines is 1. The van der Waals surface area contributed by atoms with Crippen LogP contribution in [0.2, 0.25) is 0 Å². The molecule has 0 atom stereocenters. The SMILES string of the molecule is O=C(NCCc1coc(-c2ccc(F)cc2)n1)Nc1cn[nH]c1. The number of urea groups is 1. The summed E-state index contributed by atoms with van der Waals surface area (Å²) in [4.78, 5) is 15.9. The monoisotopic (exact) mass is 315 g/mol. The third-order valence-corrected chi connectivity index (χ3v) is 3.07. The Morgan fingerprint density at radius 3 is 2.87 bits per heavy atom. The van der Waals surface area contributed by atoms with E-state index in [0.717, 1.165) is 0 Å². The van der Waals surface area contributed by atoms with Crippen LogP contribution in [-0.2, 0) is 6.42 Å². The fourth-order valence-electron chi connectivity index (χ4n) is 1.95. The zero-order valence-corrected chi connectivity index (χ0v) is 12.0. The van der Waals surface area contributed by atoms with Crippen molar-refractivity contribution in [3.05, 3.63) is 54.4 Å². The van der Waals surface area contributed by atoms with E-state index in [0.29, 0.717) is 35.8 Å². The molecule has 0 aliphatic heterocycles. The number of carbonyl (C=O) groups is 1. The van der Waals surface area contributed by atoms with Crippen LogP contribution in [0.4, 0.5) is 14.9 Å². The van der Waals surface area contributed by atoms with Crippen LogP contribution in [0.3, 0.4) is 0 Å². The Kier molecular flexibility index (Phi) is 4.32. The van der Waals surface area contributed by atoms with Gasteiger partial charge in [0.1, 0.15) is 12.1 Å². The molecule has 0 aliphatic rings. The summed E-state index contributed by atoms with van der Waals surface area (Å²) in [5.74, 6) is 0.108. The van der Waals surface area contributed by atoms with E-state index in [1.165, 1.54) is 24.6 Å². The highest BCUT2D eigenvalue weighted by atomic mass is 19.1. The van der Waals surface area contributed by atoms with Gasteiger partial charge in [0, 0.05) is 24.7 Å². The Labute approximate surface area is 130 Å². The summed E-state index contributed by atoms with van der Waals surface area (Å²) in [6.07, 6.45) is 5.12. The van der Waals surface area contributed by atoms with E-state index in [9.17, 15) is 9.18 Å². The van der Waals surface area contributed by atoms with Crippen molar-refractivity contribution in [2.75, 3.05) is 11.9 Å². The first kappa shape index (κ1) is 14.8. The van der Waals surface area contributed by atoms with Crippen molar-refractivity contribution in [1.82, 2.24) is 20.5 Å². The average Bonchev–Trinajstić information content (AvgIpc) is 3.20. The first-order chi connectivity index (χ1) is 11.2. The van der Waals surface area contributed by atoms with Crippen LogP contribution in [0.1, 0.15) is 5.69 Å². The molecule has 0 spiro atoms. The molecule has 2 aromatic heterocycles.